The molecule has 0 aliphatic carbocycles. The summed E-state index contributed by atoms with van der Waals surface area (Å²) in [6.07, 6.45) is -0.475. The molecule has 2 aromatic rings. The molecule has 5 nitrogen and oxygen atoms in total. The fourth-order valence-corrected chi connectivity index (χ4v) is 3.59. The number of rotatable bonds is 6. The van der Waals surface area contributed by atoms with Gasteiger partial charge in [-0.2, -0.15) is 0 Å². The van der Waals surface area contributed by atoms with Gasteiger partial charge in [0, 0.05) is 5.02 Å². The molecule has 8 heteroatoms. The van der Waals surface area contributed by atoms with E-state index in [2.05, 4.69) is 4.72 Å². The zero-order chi connectivity index (χ0) is 17.9. The molecule has 128 valence electrons. The summed E-state index contributed by atoms with van der Waals surface area (Å²) in [5.41, 5.74) is 1.42. The first-order valence-electron chi connectivity index (χ1n) is 6.95. The highest BCUT2D eigenvalue weighted by Gasteiger charge is 2.26. The number of halogens is 2. The van der Waals surface area contributed by atoms with E-state index in [0.29, 0.717) is 5.56 Å². The first kappa shape index (κ1) is 18.4. The van der Waals surface area contributed by atoms with Gasteiger partial charge in [0.1, 0.15) is 10.7 Å². The predicted octanol–water partition coefficient (Wildman–Crippen LogP) is 3.28. The minimum absolute atomic E-state index is 0.0621. The zero-order valence-corrected chi connectivity index (χ0v) is 14.2. The van der Waals surface area contributed by atoms with Gasteiger partial charge in [0.15, 0.2) is 0 Å². The van der Waals surface area contributed by atoms with Crippen LogP contribution in [-0.4, -0.2) is 19.5 Å². The van der Waals surface area contributed by atoms with E-state index in [1.807, 2.05) is 6.92 Å². The Balaban J connectivity index is 2.37. The number of carboxylic acids is 1. The molecule has 0 radical (unpaired) electrons. The van der Waals surface area contributed by atoms with Crippen LogP contribution in [0.25, 0.3) is 0 Å². The third-order valence-electron chi connectivity index (χ3n) is 3.34. The smallest absolute Gasteiger partial charge is 0.305 e. The maximum absolute atomic E-state index is 13.9. The second-order valence-corrected chi connectivity index (χ2v) is 7.38. The van der Waals surface area contributed by atoms with Crippen LogP contribution in [0.4, 0.5) is 4.39 Å². The van der Waals surface area contributed by atoms with E-state index in [4.69, 9.17) is 16.7 Å². The Bertz CT molecular complexity index is 853. The van der Waals surface area contributed by atoms with Crippen LogP contribution >= 0.6 is 11.6 Å². The Hall–Kier alpha value is -1.96. The summed E-state index contributed by atoms with van der Waals surface area (Å²) in [6.45, 7) is 1.85. The molecular formula is C16H15ClFNO4S. The van der Waals surface area contributed by atoms with Crippen molar-refractivity contribution >= 4 is 27.6 Å². The lowest BCUT2D eigenvalue weighted by molar-refractivity contribution is -0.137. The van der Waals surface area contributed by atoms with Crippen LogP contribution in [0.15, 0.2) is 47.4 Å². The minimum atomic E-state index is -4.26. The van der Waals surface area contributed by atoms with Crippen LogP contribution in [0.3, 0.4) is 0 Å². The Labute approximate surface area is 144 Å². The summed E-state index contributed by atoms with van der Waals surface area (Å²) in [7, 11) is -4.26. The average molecular weight is 372 g/mol. The van der Waals surface area contributed by atoms with E-state index in [1.165, 1.54) is 6.07 Å². The van der Waals surface area contributed by atoms with Crippen LogP contribution in [0.1, 0.15) is 23.6 Å². The fraction of sp³-hybridized carbons (Fsp3) is 0.188. The van der Waals surface area contributed by atoms with E-state index in [0.717, 1.165) is 17.7 Å². The third-order valence-corrected chi connectivity index (χ3v) is 5.08. The van der Waals surface area contributed by atoms with Gasteiger partial charge in [-0.3, -0.25) is 4.79 Å². The lowest BCUT2D eigenvalue weighted by atomic mass is 10.0. The summed E-state index contributed by atoms with van der Waals surface area (Å²) in [6, 6.07) is 8.87. The third kappa shape index (κ3) is 4.53. The van der Waals surface area contributed by atoms with E-state index in [9.17, 15) is 17.6 Å². The van der Waals surface area contributed by atoms with Crippen molar-refractivity contribution in [1.29, 1.82) is 0 Å². The van der Waals surface area contributed by atoms with Crippen molar-refractivity contribution < 1.29 is 22.7 Å². The van der Waals surface area contributed by atoms with Gasteiger partial charge in [-0.25, -0.2) is 17.5 Å². The van der Waals surface area contributed by atoms with Gasteiger partial charge < -0.3 is 5.11 Å². The molecule has 0 amide bonds. The molecule has 2 rings (SSSR count). The van der Waals surface area contributed by atoms with Crippen molar-refractivity contribution in [2.45, 2.75) is 24.3 Å². The predicted molar refractivity (Wildman–Crippen MR) is 87.9 cm³/mol. The van der Waals surface area contributed by atoms with Crippen molar-refractivity contribution in [3.05, 3.63) is 64.4 Å². The quantitative estimate of drug-likeness (QED) is 0.816. The van der Waals surface area contributed by atoms with Crippen molar-refractivity contribution in [3.63, 3.8) is 0 Å². The molecule has 0 bridgehead atoms. The first-order chi connectivity index (χ1) is 11.2. The number of carbonyl (C=O) groups is 1. The lowest BCUT2D eigenvalue weighted by Gasteiger charge is -2.18. The second-order valence-electron chi connectivity index (χ2n) is 5.26. The molecule has 0 spiro atoms. The summed E-state index contributed by atoms with van der Waals surface area (Å²) in [5.74, 6) is -2.19. The Morgan fingerprint density at radius 3 is 2.42 bits per heavy atom. The average Bonchev–Trinajstić information content (AvgIpc) is 2.46. The number of hydrogen-bond acceptors (Lipinski definition) is 3. The number of benzene rings is 2. The molecule has 0 aliphatic rings. The monoisotopic (exact) mass is 371 g/mol. The highest BCUT2D eigenvalue weighted by atomic mass is 35.5. The number of aliphatic carboxylic acids is 1. The fourth-order valence-electron chi connectivity index (χ4n) is 2.14. The molecule has 2 N–H and O–H groups in total. The van der Waals surface area contributed by atoms with E-state index in [1.54, 1.807) is 24.3 Å². The van der Waals surface area contributed by atoms with Crippen LogP contribution in [-0.2, 0) is 14.8 Å². The maximum Gasteiger partial charge on any atom is 0.305 e. The zero-order valence-electron chi connectivity index (χ0n) is 12.7. The van der Waals surface area contributed by atoms with Crippen LogP contribution in [0.2, 0.25) is 5.02 Å². The van der Waals surface area contributed by atoms with Crippen LogP contribution < -0.4 is 4.72 Å². The summed E-state index contributed by atoms with van der Waals surface area (Å²) in [4.78, 5) is 10.5. The molecule has 0 aliphatic heterocycles. The topological polar surface area (TPSA) is 83.5 Å². The minimum Gasteiger partial charge on any atom is -0.481 e. The second kappa shape index (κ2) is 7.29. The number of carboxylic acid groups (broad SMARTS) is 1. The van der Waals surface area contributed by atoms with Gasteiger partial charge in [0.05, 0.1) is 12.5 Å². The molecule has 0 fully saturated rings. The van der Waals surface area contributed by atoms with Crippen molar-refractivity contribution in [1.82, 2.24) is 4.72 Å². The summed E-state index contributed by atoms with van der Waals surface area (Å²) in [5, 5.41) is 9.09. The standard InChI is InChI=1S/C16H15ClFNO4S/c1-10-2-4-11(5-3-10)14(9-16(20)21)19-24(22,23)15-7-6-12(17)8-13(15)18/h2-8,14,19H,9H2,1H3,(H,20,21)/t14-/m1/s1. The van der Waals surface area contributed by atoms with Gasteiger partial charge in [-0.15, -0.1) is 0 Å². The molecule has 0 aromatic heterocycles. The lowest BCUT2D eigenvalue weighted by Crippen LogP contribution is -2.30. The first-order valence-corrected chi connectivity index (χ1v) is 8.81. The molecular weight excluding hydrogens is 357 g/mol. The Kier molecular flexibility index (Phi) is 5.58. The molecule has 0 unspecified atom stereocenters. The van der Waals surface area contributed by atoms with Crippen molar-refractivity contribution in [2.24, 2.45) is 0 Å². The largest absolute Gasteiger partial charge is 0.481 e. The maximum atomic E-state index is 13.9. The number of sulfonamides is 1. The molecule has 0 saturated heterocycles. The molecule has 1 atom stereocenters. The highest BCUT2D eigenvalue weighted by molar-refractivity contribution is 7.89. The normalized spacial score (nSPS) is 12.8. The van der Waals surface area contributed by atoms with Crippen molar-refractivity contribution in [2.75, 3.05) is 0 Å². The van der Waals surface area contributed by atoms with E-state index in [-0.39, 0.29) is 5.02 Å². The number of hydrogen-bond donors (Lipinski definition) is 2. The molecule has 0 saturated carbocycles. The van der Waals surface area contributed by atoms with Crippen molar-refractivity contribution in [3.8, 4) is 0 Å². The van der Waals surface area contributed by atoms with Gasteiger partial charge in [0.2, 0.25) is 10.0 Å². The number of aryl methyl sites for hydroxylation is 1. The number of nitrogens with one attached hydrogen (secondary N) is 1. The van der Waals surface area contributed by atoms with Gasteiger partial charge in [-0.05, 0) is 30.7 Å². The summed E-state index contributed by atoms with van der Waals surface area (Å²) >= 11 is 5.62. The SMILES string of the molecule is Cc1ccc([C@@H](CC(=O)O)NS(=O)(=O)c2ccc(Cl)cc2F)cc1. The summed E-state index contributed by atoms with van der Waals surface area (Å²) < 4.78 is 41.0. The van der Waals surface area contributed by atoms with Crippen LogP contribution in [0, 0.1) is 12.7 Å². The van der Waals surface area contributed by atoms with Gasteiger partial charge >= 0.3 is 5.97 Å². The highest BCUT2D eigenvalue weighted by Crippen LogP contribution is 2.24. The molecule has 2 aromatic carbocycles. The van der Waals surface area contributed by atoms with Gasteiger partial charge in [-0.1, -0.05) is 41.4 Å². The van der Waals surface area contributed by atoms with Crippen LogP contribution in [0.5, 0.6) is 0 Å². The molecule has 0 heterocycles. The Morgan fingerprint density at radius 2 is 1.88 bits per heavy atom. The van der Waals surface area contributed by atoms with E-state index < -0.39 is 39.2 Å². The molecule has 24 heavy (non-hydrogen) atoms. The van der Waals surface area contributed by atoms with E-state index >= 15 is 0 Å². The van der Waals surface area contributed by atoms with Gasteiger partial charge in [0.25, 0.3) is 0 Å². The Morgan fingerprint density at radius 1 is 1.25 bits per heavy atom.